The van der Waals surface area contributed by atoms with Crippen LogP contribution in [0.4, 0.5) is 0 Å². The van der Waals surface area contributed by atoms with Gasteiger partial charge in [0.1, 0.15) is 0 Å². The Morgan fingerprint density at radius 3 is 2.81 bits per heavy atom. The number of hydrogen-bond acceptors (Lipinski definition) is 2. The van der Waals surface area contributed by atoms with Gasteiger partial charge in [-0.25, -0.2) is 0 Å². The van der Waals surface area contributed by atoms with Crippen LogP contribution < -0.4 is 5.32 Å². The average molecular weight is 225 g/mol. The summed E-state index contributed by atoms with van der Waals surface area (Å²) in [7, 11) is 0. The van der Waals surface area contributed by atoms with E-state index >= 15 is 0 Å². The molecule has 92 valence electrons. The highest BCUT2D eigenvalue weighted by Crippen LogP contribution is 2.23. The smallest absolute Gasteiger partial charge is 0.244 e. The van der Waals surface area contributed by atoms with Gasteiger partial charge in [-0.2, -0.15) is 0 Å². The minimum Gasteiger partial charge on any atom is -0.375 e. The first-order valence-corrected chi connectivity index (χ1v) is 6.04. The summed E-state index contributed by atoms with van der Waals surface area (Å²) in [4.78, 5) is 11.7. The summed E-state index contributed by atoms with van der Waals surface area (Å²) < 4.78 is 5.61. The Morgan fingerprint density at radius 1 is 1.56 bits per heavy atom. The third-order valence-corrected chi connectivity index (χ3v) is 2.98. The summed E-state index contributed by atoms with van der Waals surface area (Å²) in [6.45, 7) is 8.90. The molecule has 1 rings (SSSR count). The zero-order valence-corrected chi connectivity index (χ0v) is 10.8. The summed E-state index contributed by atoms with van der Waals surface area (Å²) in [6, 6.07) is 0.247. The Kier molecular flexibility index (Phi) is 4.54. The van der Waals surface area contributed by atoms with Gasteiger partial charge in [-0.15, -0.1) is 0 Å². The Hall–Kier alpha value is -0.830. The predicted octanol–water partition coefficient (Wildman–Crippen LogP) is 2.42. The van der Waals surface area contributed by atoms with Crippen molar-refractivity contribution in [3.63, 3.8) is 0 Å². The quantitative estimate of drug-likeness (QED) is 0.749. The van der Waals surface area contributed by atoms with Crippen molar-refractivity contribution in [3.8, 4) is 0 Å². The molecule has 3 heteroatoms. The SMILES string of the molecule is CC/C(C)=C/C(=O)NC1CCOC(C)(C)C1. The van der Waals surface area contributed by atoms with Crippen LogP contribution in [0.5, 0.6) is 0 Å². The Bertz CT molecular complexity index is 282. The maximum absolute atomic E-state index is 11.7. The Balaban J connectivity index is 2.45. The normalized spacial score (nSPS) is 25.2. The lowest BCUT2D eigenvalue weighted by Gasteiger charge is -2.35. The second kappa shape index (κ2) is 5.48. The first-order valence-electron chi connectivity index (χ1n) is 6.04. The van der Waals surface area contributed by atoms with E-state index in [9.17, 15) is 4.79 Å². The van der Waals surface area contributed by atoms with Crippen molar-refractivity contribution in [3.05, 3.63) is 11.6 Å². The predicted molar refractivity (Wildman–Crippen MR) is 65.2 cm³/mol. The van der Waals surface area contributed by atoms with E-state index in [0.717, 1.165) is 31.4 Å². The molecule has 3 nitrogen and oxygen atoms in total. The van der Waals surface area contributed by atoms with E-state index in [4.69, 9.17) is 4.74 Å². The van der Waals surface area contributed by atoms with Crippen molar-refractivity contribution in [2.75, 3.05) is 6.61 Å². The lowest BCUT2D eigenvalue weighted by Crippen LogP contribution is -2.45. The number of nitrogens with one attached hydrogen (secondary N) is 1. The highest BCUT2D eigenvalue weighted by Gasteiger charge is 2.29. The summed E-state index contributed by atoms with van der Waals surface area (Å²) in [5, 5.41) is 3.04. The molecule has 1 N–H and O–H groups in total. The van der Waals surface area contributed by atoms with E-state index in [1.165, 1.54) is 0 Å². The van der Waals surface area contributed by atoms with Crippen LogP contribution in [0.2, 0.25) is 0 Å². The average Bonchev–Trinajstić information content (AvgIpc) is 2.15. The molecule has 1 fully saturated rings. The molecule has 1 heterocycles. The third-order valence-electron chi connectivity index (χ3n) is 2.98. The fraction of sp³-hybridized carbons (Fsp3) is 0.769. The van der Waals surface area contributed by atoms with Crippen molar-refractivity contribution in [1.82, 2.24) is 5.32 Å². The van der Waals surface area contributed by atoms with Crippen LogP contribution in [-0.2, 0) is 9.53 Å². The molecule has 16 heavy (non-hydrogen) atoms. The zero-order valence-electron chi connectivity index (χ0n) is 10.8. The lowest BCUT2D eigenvalue weighted by molar-refractivity contribution is -0.119. The van der Waals surface area contributed by atoms with Gasteiger partial charge in [0, 0.05) is 18.7 Å². The van der Waals surface area contributed by atoms with Gasteiger partial charge in [0.2, 0.25) is 5.91 Å². The van der Waals surface area contributed by atoms with E-state index < -0.39 is 0 Å². The first-order chi connectivity index (χ1) is 7.43. The van der Waals surface area contributed by atoms with Gasteiger partial charge in [-0.3, -0.25) is 4.79 Å². The summed E-state index contributed by atoms with van der Waals surface area (Å²) in [5.74, 6) is 0.0297. The van der Waals surface area contributed by atoms with Crippen LogP contribution in [0.3, 0.4) is 0 Å². The standard InChI is InChI=1S/C13H23NO2/c1-5-10(2)8-12(15)14-11-6-7-16-13(3,4)9-11/h8,11H,5-7,9H2,1-4H3,(H,14,15)/b10-8+. The van der Waals surface area contributed by atoms with E-state index in [1.54, 1.807) is 6.08 Å². The maximum Gasteiger partial charge on any atom is 0.244 e. The van der Waals surface area contributed by atoms with Crippen LogP contribution in [0, 0.1) is 0 Å². The van der Waals surface area contributed by atoms with Crippen LogP contribution in [0.15, 0.2) is 11.6 Å². The molecular weight excluding hydrogens is 202 g/mol. The summed E-state index contributed by atoms with van der Waals surface area (Å²) in [6.07, 6.45) is 4.42. The van der Waals surface area contributed by atoms with Gasteiger partial charge < -0.3 is 10.1 Å². The highest BCUT2D eigenvalue weighted by molar-refractivity contribution is 5.88. The zero-order chi connectivity index (χ0) is 12.2. The fourth-order valence-electron chi connectivity index (χ4n) is 1.92. The van der Waals surface area contributed by atoms with Crippen molar-refractivity contribution >= 4 is 5.91 Å². The topological polar surface area (TPSA) is 38.3 Å². The first kappa shape index (κ1) is 13.2. The van der Waals surface area contributed by atoms with E-state index in [2.05, 4.69) is 26.1 Å². The van der Waals surface area contributed by atoms with Crippen molar-refractivity contribution in [1.29, 1.82) is 0 Å². The largest absolute Gasteiger partial charge is 0.375 e. The number of carbonyl (C=O) groups excluding carboxylic acids is 1. The molecule has 0 radical (unpaired) electrons. The van der Waals surface area contributed by atoms with Crippen molar-refractivity contribution in [2.45, 2.75) is 58.6 Å². The molecule has 0 aromatic carbocycles. The second-order valence-corrected chi connectivity index (χ2v) is 5.15. The molecule has 0 aromatic rings. The van der Waals surface area contributed by atoms with Gasteiger partial charge in [0.15, 0.2) is 0 Å². The van der Waals surface area contributed by atoms with E-state index in [-0.39, 0.29) is 17.6 Å². The number of allylic oxidation sites excluding steroid dienone is 1. The highest BCUT2D eigenvalue weighted by atomic mass is 16.5. The Labute approximate surface area is 98.2 Å². The fourth-order valence-corrected chi connectivity index (χ4v) is 1.92. The van der Waals surface area contributed by atoms with Crippen LogP contribution >= 0.6 is 0 Å². The Morgan fingerprint density at radius 2 is 2.25 bits per heavy atom. The molecule has 0 saturated carbocycles. The van der Waals surface area contributed by atoms with Crippen molar-refractivity contribution in [2.24, 2.45) is 0 Å². The minimum atomic E-state index is -0.111. The molecule has 0 aromatic heterocycles. The minimum absolute atomic E-state index is 0.0297. The molecule has 1 saturated heterocycles. The van der Waals surface area contributed by atoms with Gasteiger partial charge in [-0.05, 0) is 40.0 Å². The molecule has 0 spiro atoms. The molecule has 1 unspecified atom stereocenters. The number of amides is 1. The molecule has 1 aliphatic rings. The van der Waals surface area contributed by atoms with Gasteiger partial charge in [-0.1, -0.05) is 12.5 Å². The maximum atomic E-state index is 11.7. The van der Waals surface area contributed by atoms with Crippen LogP contribution in [0.1, 0.15) is 47.0 Å². The monoisotopic (exact) mass is 225 g/mol. The lowest BCUT2D eigenvalue weighted by atomic mass is 9.94. The molecule has 0 aliphatic carbocycles. The summed E-state index contributed by atoms with van der Waals surface area (Å²) >= 11 is 0. The second-order valence-electron chi connectivity index (χ2n) is 5.15. The molecule has 1 aliphatic heterocycles. The van der Waals surface area contributed by atoms with Gasteiger partial charge >= 0.3 is 0 Å². The number of rotatable bonds is 3. The molecule has 1 amide bonds. The molecule has 0 bridgehead atoms. The molecule has 1 atom stereocenters. The van der Waals surface area contributed by atoms with Crippen molar-refractivity contribution < 1.29 is 9.53 Å². The van der Waals surface area contributed by atoms with Crippen LogP contribution in [0.25, 0.3) is 0 Å². The summed E-state index contributed by atoms with van der Waals surface area (Å²) in [5.41, 5.74) is 1.00. The number of hydrogen-bond donors (Lipinski definition) is 1. The van der Waals surface area contributed by atoms with Gasteiger partial charge in [0.25, 0.3) is 0 Å². The van der Waals surface area contributed by atoms with E-state index in [0.29, 0.717) is 0 Å². The third kappa shape index (κ3) is 4.35. The number of ether oxygens (including phenoxy) is 1. The van der Waals surface area contributed by atoms with Crippen LogP contribution in [-0.4, -0.2) is 24.2 Å². The molecular formula is C13H23NO2. The van der Waals surface area contributed by atoms with Gasteiger partial charge in [0.05, 0.1) is 5.60 Å². The van der Waals surface area contributed by atoms with E-state index in [1.807, 2.05) is 6.92 Å². The number of carbonyl (C=O) groups is 1.